The maximum atomic E-state index is 13.7. The number of nitrogens with one attached hydrogen (secondary N) is 1. The van der Waals surface area contributed by atoms with Gasteiger partial charge in [0.05, 0.1) is 21.7 Å². The van der Waals surface area contributed by atoms with E-state index in [1.165, 1.54) is 37.3 Å². The number of benzene rings is 2. The fourth-order valence-electron chi connectivity index (χ4n) is 1.96. The Kier molecular flexibility index (Phi) is 3.98. The van der Waals surface area contributed by atoms with Crippen LogP contribution in [0.2, 0.25) is 0 Å². The van der Waals surface area contributed by atoms with Crippen molar-refractivity contribution in [1.29, 1.82) is 0 Å². The summed E-state index contributed by atoms with van der Waals surface area (Å²) in [5.41, 5.74) is 1.16. The number of nitro groups is 1. The number of hydrogen-bond acceptors (Lipinski definition) is 3. The topological polar surface area (TPSA) is 72.2 Å². The number of carbonyl (C=O) groups excluding carboxylic acids is 1. The van der Waals surface area contributed by atoms with E-state index in [9.17, 15) is 19.3 Å². The van der Waals surface area contributed by atoms with Crippen molar-refractivity contribution in [3.05, 3.63) is 69.0 Å². The van der Waals surface area contributed by atoms with E-state index in [1.54, 1.807) is 13.0 Å². The molecule has 0 aromatic heterocycles. The molecule has 0 saturated carbocycles. The van der Waals surface area contributed by atoms with E-state index < -0.39 is 16.6 Å². The number of nitro benzene ring substituents is 1. The lowest BCUT2D eigenvalue weighted by Crippen LogP contribution is -2.15. The molecule has 2 aromatic rings. The Labute approximate surface area is 120 Å². The number of hydrogen-bond donors (Lipinski definition) is 1. The maximum Gasteiger partial charge on any atom is 0.274 e. The molecule has 5 nitrogen and oxygen atoms in total. The average molecular weight is 288 g/mol. The molecule has 0 heterocycles. The van der Waals surface area contributed by atoms with Crippen molar-refractivity contribution < 1.29 is 14.1 Å². The van der Waals surface area contributed by atoms with Crippen LogP contribution in [-0.4, -0.2) is 10.8 Å². The average Bonchev–Trinajstić information content (AvgIpc) is 2.43. The van der Waals surface area contributed by atoms with Crippen LogP contribution < -0.4 is 5.32 Å². The van der Waals surface area contributed by atoms with Gasteiger partial charge in [0.1, 0.15) is 5.82 Å². The van der Waals surface area contributed by atoms with Gasteiger partial charge < -0.3 is 5.32 Å². The van der Waals surface area contributed by atoms with Gasteiger partial charge in [0.15, 0.2) is 0 Å². The second-order valence-corrected chi connectivity index (χ2v) is 4.64. The molecule has 0 aliphatic rings. The number of rotatable bonds is 3. The van der Waals surface area contributed by atoms with E-state index in [1.807, 2.05) is 0 Å². The van der Waals surface area contributed by atoms with Crippen molar-refractivity contribution in [2.24, 2.45) is 0 Å². The summed E-state index contributed by atoms with van der Waals surface area (Å²) in [5.74, 6) is -1.28. The van der Waals surface area contributed by atoms with E-state index in [-0.39, 0.29) is 16.9 Å². The Bertz CT molecular complexity index is 729. The summed E-state index contributed by atoms with van der Waals surface area (Å²) in [6, 6.07) is 8.55. The largest absolute Gasteiger partial charge is 0.321 e. The van der Waals surface area contributed by atoms with Gasteiger partial charge in [-0.1, -0.05) is 17.7 Å². The van der Waals surface area contributed by atoms with Crippen LogP contribution in [0.15, 0.2) is 36.4 Å². The minimum absolute atomic E-state index is 0.0964. The fraction of sp³-hybridized carbons (Fsp3) is 0.133. The molecule has 21 heavy (non-hydrogen) atoms. The van der Waals surface area contributed by atoms with Crippen molar-refractivity contribution in [1.82, 2.24) is 0 Å². The second-order valence-electron chi connectivity index (χ2n) is 4.64. The summed E-state index contributed by atoms with van der Waals surface area (Å²) in [6.45, 7) is 3.27. The lowest BCUT2D eigenvalue weighted by atomic mass is 10.1. The van der Waals surface area contributed by atoms with Crippen molar-refractivity contribution in [3.8, 4) is 0 Å². The predicted octanol–water partition coefficient (Wildman–Crippen LogP) is 3.60. The van der Waals surface area contributed by atoms with Crippen LogP contribution in [0.4, 0.5) is 15.8 Å². The number of amides is 1. The van der Waals surface area contributed by atoms with Gasteiger partial charge in [0, 0.05) is 6.07 Å². The van der Waals surface area contributed by atoms with Crippen molar-refractivity contribution in [2.75, 3.05) is 5.32 Å². The molecule has 0 saturated heterocycles. The van der Waals surface area contributed by atoms with Gasteiger partial charge in [0.2, 0.25) is 0 Å². The molecule has 0 unspecified atom stereocenters. The highest BCUT2D eigenvalue weighted by Crippen LogP contribution is 2.25. The van der Waals surface area contributed by atoms with Crippen molar-refractivity contribution >= 4 is 17.3 Å². The highest BCUT2D eigenvalue weighted by atomic mass is 19.1. The SMILES string of the molecule is Cc1ccc(F)c(C(=O)Nc2cccc([N+](=O)[O-])c2C)c1. The quantitative estimate of drug-likeness (QED) is 0.692. The first-order valence-corrected chi connectivity index (χ1v) is 6.21. The van der Waals surface area contributed by atoms with Gasteiger partial charge in [-0.15, -0.1) is 0 Å². The molecule has 2 aromatic carbocycles. The number of anilines is 1. The summed E-state index contributed by atoms with van der Waals surface area (Å²) in [4.78, 5) is 22.4. The summed E-state index contributed by atoms with van der Waals surface area (Å²) < 4.78 is 13.7. The highest BCUT2D eigenvalue weighted by molar-refractivity contribution is 6.05. The zero-order valence-electron chi connectivity index (χ0n) is 11.5. The molecular formula is C15H13FN2O3. The minimum atomic E-state index is -0.639. The normalized spacial score (nSPS) is 10.2. The number of aryl methyl sites for hydroxylation is 1. The summed E-state index contributed by atoms with van der Waals surface area (Å²) in [5, 5.41) is 13.4. The molecule has 6 heteroatoms. The fourth-order valence-corrected chi connectivity index (χ4v) is 1.96. The molecule has 0 aliphatic heterocycles. The molecule has 0 bridgehead atoms. The molecule has 0 radical (unpaired) electrons. The van der Waals surface area contributed by atoms with Gasteiger partial charge in [0.25, 0.3) is 11.6 Å². The van der Waals surface area contributed by atoms with Gasteiger partial charge in [-0.3, -0.25) is 14.9 Å². The lowest BCUT2D eigenvalue weighted by Gasteiger charge is -2.09. The molecule has 108 valence electrons. The first-order chi connectivity index (χ1) is 9.90. The third kappa shape index (κ3) is 3.05. The van der Waals surface area contributed by atoms with Crippen LogP contribution in [-0.2, 0) is 0 Å². The van der Waals surface area contributed by atoms with Crippen LogP contribution in [0.3, 0.4) is 0 Å². The van der Waals surface area contributed by atoms with Crippen molar-refractivity contribution in [3.63, 3.8) is 0 Å². The van der Waals surface area contributed by atoms with Crippen LogP contribution in [0.25, 0.3) is 0 Å². The Balaban J connectivity index is 2.34. The molecular weight excluding hydrogens is 275 g/mol. The molecule has 0 spiro atoms. The van der Waals surface area contributed by atoms with Crippen LogP contribution in [0.5, 0.6) is 0 Å². The van der Waals surface area contributed by atoms with E-state index in [0.717, 1.165) is 5.56 Å². The van der Waals surface area contributed by atoms with E-state index >= 15 is 0 Å². The first-order valence-electron chi connectivity index (χ1n) is 6.21. The molecule has 0 aliphatic carbocycles. The smallest absolute Gasteiger partial charge is 0.274 e. The molecule has 0 atom stereocenters. The number of carbonyl (C=O) groups is 1. The third-order valence-electron chi connectivity index (χ3n) is 3.12. The van der Waals surface area contributed by atoms with Crippen LogP contribution >= 0.6 is 0 Å². The van der Waals surface area contributed by atoms with Crippen LogP contribution in [0, 0.1) is 29.8 Å². The number of nitrogens with zero attached hydrogens (tertiary/aromatic N) is 1. The van der Waals surface area contributed by atoms with Gasteiger partial charge in [-0.25, -0.2) is 4.39 Å². The summed E-state index contributed by atoms with van der Waals surface area (Å²) in [7, 11) is 0. The first kappa shape index (κ1) is 14.6. The molecule has 1 N–H and O–H groups in total. The Hall–Kier alpha value is -2.76. The Morgan fingerprint density at radius 3 is 2.62 bits per heavy atom. The molecule has 0 fully saturated rings. The lowest BCUT2D eigenvalue weighted by molar-refractivity contribution is -0.385. The van der Waals surface area contributed by atoms with Gasteiger partial charge in [-0.05, 0) is 32.0 Å². The van der Waals surface area contributed by atoms with Crippen molar-refractivity contribution in [2.45, 2.75) is 13.8 Å². The van der Waals surface area contributed by atoms with Crippen LogP contribution in [0.1, 0.15) is 21.5 Å². The molecule has 1 amide bonds. The maximum absolute atomic E-state index is 13.7. The van der Waals surface area contributed by atoms with Gasteiger partial charge >= 0.3 is 0 Å². The Morgan fingerprint density at radius 1 is 1.24 bits per heavy atom. The standard InChI is InChI=1S/C15H13FN2O3/c1-9-6-7-12(16)11(8-9)15(19)17-13-4-3-5-14(10(13)2)18(20)21/h3-8H,1-2H3,(H,17,19). The summed E-state index contributed by atoms with van der Waals surface area (Å²) in [6.07, 6.45) is 0. The van der Waals surface area contributed by atoms with E-state index in [0.29, 0.717) is 5.56 Å². The molecule has 2 rings (SSSR count). The minimum Gasteiger partial charge on any atom is -0.321 e. The third-order valence-corrected chi connectivity index (χ3v) is 3.12. The summed E-state index contributed by atoms with van der Waals surface area (Å²) >= 11 is 0. The Morgan fingerprint density at radius 2 is 1.95 bits per heavy atom. The van der Waals surface area contributed by atoms with E-state index in [2.05, 4.69) is 5.32 Å². The van der Waals surface area contributed by atoms with E-state index in [4.69, 9.17) is 0 Å². The zero-order chi connectivity index (χ0) is 15.6. The highest BCUT2D eigenvalue weighted by Gasteiger charge is 2.17. The van der Waals surface area contributed by atoms with Gasteiger partial charge in [-0.2, -0.15) is 0 Å². The second kappa shape index (κ2) is 5.70. The number of halogens is 1. The zero-order valence-corrected chi connectivity index (χ0v) is 11.5. The predicted molar refractivity (Wildman–Crippen MR) is 76.9 cm³/mol. The monoisotopic (exact) mass is 288 g/mol.